The second-order valence-corrected chi connectivity index (χ2v) is 6.25. The first kappa shape index (κ1) is 15.5. The molecule has 1 aromatic rings. The normalized spacial score (nSPS) is 12.7. The Labute approximate surface area is 112 Å². The SMILES string of the molecule is Cc1cccc(S(=O)(=O)NCC(F)(F)CO)c1Br. The van der Waals surface area contributed by atoms with Crippen LogP contribution in [0, 0.1) is 6.92 Å². The predicted octanol–water partition coefficient (Wildman–Crippen LogP) is 1.66. The second-order valence-electron chi connectivity index (χ2n) is 3.73. The fraction of sp³-hybridized carbons (Fsp3) is 0.400. The minimum Gasteiger partial charge on any atom is -0.390 e. The highest BCUT2D eigenvalue weighted by atomic mass is 79.9. The Hall–Kier alpha value is -0.570. The number of hydrogen-bond acceptors (Lipinski definition) is 3. The summed E-state index contributed by atoms with van der Waals surface area (Å²) >= 11 is 3.10. The summed E-state index contributed by atoms with van der Waals surface area (Å²) in [5, 5.41) is 8.37. The largest absolute Gasteiger partial charge is 0.390 e. The summed E-state index contributed by atoms with van der Waals surface area (Å²) in [6.45, 7) is -0.873. The molecular formula is C10H12BrF2NO3S. The van der Waals surface area contributed by atoms with Crippen LogP contribution in [0.1, 0.15) is 5.56 Å². The Kier molecular flexibility index (Phi) is 4.82. The van der Waals surface area contributed by atoms with Gasteiger partial charge in [-0.15, -0.1) is 0 Å². The molecular weight excluding hydrogens is 332 g/mol. The number of halogens is 3. The standard InChI is InChI=1S/C10H12BrF2NO3S/c1-7-3-2-4-8(9(7)11)18(16,17)14-5-10(12,13)6-15/h2-4,14-15H,5-6H2,1H3. The van der Waals surface area contributed by atoms with Crippen LogP contribution >= 0.6 is 15.9 Å². The zero-order chi connectivity index (χ0) is 14.0. The molecule has 0 aliphatic heterocycles. The molecule has 0 aliphatic rings. The first-order valence-corrected chi connectivity index (χ1v) is 7.21. The van der Waals surface area contributed by atoms with Crippen molar-refractivity contribution in [3.8, 4) is 0 Å². The van der Waals surface area contributed by atoms with Gasteiger partial charge < -0.3 is 5.11 Å². The third kappa shape index (κ3) is 3.71. The summed E-state index contributed by atoms with van der Waals surface area (Å²) in [6.07, 6.45) is 0. The van der Waals surface area contributed by atoms with Gasteiger partial charge in [0.05, 0.1) is 11.4 Å². The first-order valence-electron chi connectivity index (χ1n) is 4.93. The average Bonchev–Trinajstić information content (AvgIpc) is 2.30. The molecule has 1 aromatic carbocycles. The molecule has 0 aromatic heterocycles. The van der Waals surface area contributed by atoms with E-state index in [0.717, 1.165) is 0 Å². The van der Waals surface area contributed by atoms with E-state index in [1.54, 1.807) is 17.7 Å². The number of rotatable bonds is 5. The van der Waals surface area contributed by atoms with Gasteiger partial charge in [-0.25, -0.2) is 21.9 Å². The lowest BCUT2D eigenvalue weighted by Gasteiger charge is -2.15. The van der Waals surface area contributed by atoms with Crippen LogP contribution in [0.15, 0.2) is 27.6 Å². The molecule has 0 fully saturated rings. The van der Waals surface area contributed by atoms with Crippen LogP contribution < -0.4 is 4.72 Å². The molecule has 0 heterocycles. The van der Waals surface area contributed by atoms with Crippen LogP contribution in [0.3, 0.4) is 0 Å². The number of aryl methyl sites for hydroxylation is 1. The minimum absolute atomic E-state index is 0.115. The molecule has 0 bridgehead atoms. The summed E-state index contributed by atoms with van der Waals surface area (Å²) in [5.41, 5.74) is 0.673. The summed E-state index contributed by atoms with van der Waals surface area (Å²) in [5.74, 6) is -3.48. The zero-order valence-electron chi connectivity index (χ0n) is 9.45. The van der Waals surface area contributed by atoms with Crippen molar-refractivity contribution in [3.05, 3.63) is 28.2 Å². The molecule has 0 saturated carbocycles. The lowest BCUT2D eigenvalue weighted by atomic mass is 10.2. The van der Waals surface area contributed by atoms with Crippen LogP contribution in [0.4, 0.5) is 8.78 Å². The number of nitrogens with one attached hydrogen (secondary N) is 1. The number of benzene rings is 1. The van der Waals surface area contributed by atoms with Crippen molar-refractivity contribution in [1.82, 2.24) is 4.72 Å². The van der Waals surface area contributed by atoms with Crippen LogP contribution in [0.25, 0.3) is 0 Å². The van der Waals surface area contributed by atoms with Crippen molar-refractivity contribution < 1.29 is 22.3 Å². The molecule has 0 atom stereocenters. The maximum atomic E-state index is 12.8. The second kappa shape index (κ2) is 5.60. The molecule has 0 aliphatic carbocycles. The van der Waals surface area contributed by atoms with Crippen molar-refractivity contribution in [2.75, 3.05) is 13.2 Å². The van der Waals surface area contributed by atoms with E-state index >= 15 is 0 Å². The first-order chi connectivity index (χ1) is 8.19. The maximum absolute atomic E-state index is 12.8. The van der Waals surface area contributed by atoms with Gasteiger partial charge in [-0.2, -0.15) is 0 Å². The zero-order valence-corrected chi connectivity index (χ0v) is 11.9. The lowest BCUT2D eigenvalue weighted by Crippen LogP contribution is -2.39. The molecule has 4 nitrogen and oxygen atoms in total. The van der Waals surface area contributed by atoms with E-state index in [0.29, 0.717) is 10.0 Å². The van der Waals surface area contributed by atoms with E-state index in [2.05, 4.69) is 15.9 Å². The molecule has 2 N–H and O–H groups in total. The molecule has 102 valence electrons. The van der Waals surface area contributed by atoms with Crippen molar-refractivity contribution >= 4 is 26.0 Å². The van der Waals surface area contributed by atoms with Gasteiger partial charge in [-0.1, -0.05) is 12.1 Å². The molecule has 18 heavy (non-hydrogen) atoms. The number of sulfonamides is 1. The molecule has 0 unspecified atom stereocenters. The van der Waals surface area contributed by atoms with E-state index in [1.807, 2.05) is 0 Å². The van der Waals surface area contributed by atoms with Gasteiger partial charge in [0.15, 0.2) is 0 Å². The third-order valence-corrected chi connectivity index (χ3v) is 4.96. The van der Waals surface area contributed by atoms with Gasteiger partial charge >= 0.3 is 0 Å². The number of hydrogen-bond donors (Lipinski definition) is 2. The fourth-order valence-corrected chi connectivity index (χ4v) is 3.28. The summed E-state index contributed by atoms with van der Waals surface area (Å²) in [7, 11) is -4.04. The van der Waals surface area contributed by atoms with Gasteiger partial charge in [-0.3, -0.25) is 0 Å². The highest BCUT2D eigenvalue weighted by molar-refractivity contribution is 9.10. The Morgan fingerprint density at radius 1 is 1.44 bits per heavy atom. The van der Waals surface area contributed by atoms with Crippen LogP contribution in [-0.4, -0.2) is 32.6 Å². The molecule has 1 rings (SSSR count). The van der Waals surface area contributed by atoms with E-state index in [9.17, 15) is 17.2 Å². The summed E-state index contributed by atoms with van der Waals surface area (Å²) < 4.78 is 51.3. The van der Waals surface area contributed by atoms with Gasteiger partial charge in [-0.05, 0) is 34.5 Å². The highest BCUT2D eigenvalue weighted by Crippen LogP contribution is 2.25. The Morgan fingerprint density at radius 3 is 2.61 bits per heavy atom. The Bertz CT molecular complexity index is 534. The Balaban J connectivity index is 2.98. The van der Waals surface area contributed by atoms with Gasteiger partial charge in [0.2, 0.25) is 10.0 Å². The van der Waals surface area contributed by atoms with Crippen molar-refractivity contribution in [2.24, 2.45) is 0 Å². The lowest BCUT2D eigenvalue weighted by molar-refractivity contribution is -0.0437. The fourth-order valence-electron chi connectivity index (χ4n) is 1.16. The quantitative estimate of drug-likeness (QED) is 0.854. The van der Waals surface area contributed by atoms with E-state index in [1.165, 1.54) is 12.1 Å². The smallest absolute Gasteiger partial charge is 0.283 e. The molecule has 0 amide bonds. The van der Waals surface area contributed by atoms with Gasteiger partial charge in [0.25, 0.3) is 5.92 Å². The topological polar surface area (TPSA) is 66.4 Å². The minimum atomic E-state index is -4.04. The number of aliphatic hydroxyl groups excluding tert-OH is 1. The van der Waals surface area contributed by atoms with Crippen molar-refractivity contribution in [2.45, 2.75) is 17.7 Å². The third-order valence-electron chi connectivity index (χ3n) is 2.20. The molecule has 8 heteroatoms. The summed E-state index contributed by atoms with van der Waals surface area (Å²) in [4.78, 5) is -0.115. The molecule has 0 saturated heterocycles. The highest BCUT2D eigenvalue weighted by Gasteiger charge is 2.30. The van der Waals surface area contributed by atoms with Crippen molar-refractivity contribution in [1.29, 1.82) is 0 Å². The van der Waals surface area contributed by atoms with Crippen LogP contribution in [-0.2, 0) is 10.0 Å². The monoisotopic (exact) mass is 343 g/mol. The number of alkyl halides is 2. The van der Waals surface area contributed by atoms with E-state index in [4.69, 9.17) is 5.11 Å². The maximum Gasteiger partial charge on any atom is 0.283 e. The van der Waals surface area contributed by atoms with Crippen LogP contribution in [0.5, 0.6) is 0 Å². The average molecular weight is 344 g/mol. The Morgan fingerprint density at radius 2 is 2.06 bits per heavy atom. The van der Waals surface area contributed by atoms with Gasteiger partial charge in [0.1, 0.15) is 6.61 Å². The van der Waals surface area contributed by atoms with Crippen LogP contribution in [0.2, 0.25) is 0 Å². The number of aliphatic hydroxyl groups is 1. The molecule has 0 spiro atoms. The van der Waals surface area contributed by atoms with E-state index in [-0.39, 0.29) is 4.90 Å². The predicted molar refractivity (Wildman–Crippen MR) is 66.1 cm³/mol. The molecule has 0 radical (unpaired) electrons. The summed E-state index contributed by atoms with van der Waals surface area (Å²) in [6, 6.07) is 4.50. The van der Waals surface area contributed by atoms with E-state index < -0.39 is 29.1 Å². The van der Waals surface area contributed by atoms with Crippen molar-refractivity contribution in [3.63, 3.8) is 0 Å². The van der Waals surface area contributed by atoms with Gasteiger partial charge in [0, 0.05) is 4.47 Å².